The monoisotopic (exact) mass is 592 g/mol. The van der Waals surface area contributed by atoms with Crippen molar-refractivity contribution < 1.29 is 9.59 Å². The average molecular weight is 593 g/mol. The van der Waals surface area contributed by atoms with Crippen LogP contribution in [0.3, 0.4) is 0 Å². The van der Waals surface area contributed by atoms with Gasteiger partial charge in [0.05, 0.1) is 16.8 Å². The summed E-state index contributed by atoms with van der Waals surface area (Å²) in [5, 5.41) is 6.60. The molecule has 7 rings (SSSR count). The molecule has 2 aromatic heterocycles. The lowest BCUT2D eigenvalue weighted by Crippen LogP contribution is -2.35. The first-order valence-corrected chi connectivity index (χ1v) is 15.6. The second-order valence-electron chi connectivity index (χ2n) is 10.3. The van der Waals surface area contributed by atoms with Gasteiger partial charge in [0.15, 0.2) is 5.82 Å². The fraction of sp³-hybridized carbons (Fsp3) is 0.188. The zero-order chi connectivity index (χ0) is 28.5. The average Bonchev–Trinajstić information content (AvgIpc) is 3.39. The quantitative estimate of drug-likeness (QED) is 0.201. The van der Waals surface area contributed by atoms with Gasteiger partial charge in [0, 0.05) is 22.0 Å². The summed E-state index contributed by atoms with van der Waals surface area (Å²) in [4.78, 5) is 43.0. The number of rotatable bonds is 7. The van der Waals surface area contributed by atoms with E-state index in [1.807, 2.05) is 54.6 Å². The number of piperidine rings is 1. The maximum absolute atomic E-state index is 13.4. The van der Waals surface area contributed by atoms with Crippen molar-refractivity contribution in [3.8, 4) is 0 Å². The van der Waals surface area contributed by atoms with E-state index < -0.39 is 0 Å². The number of nitrogens with one attached hydrogen (secondary N) is 2. The molecule has 5 aromatic rings. The van der Waals surface area contributed by atoms with Gasteiger partial charge in [-0.25, -0.2) is 19.7 Å². The molecule has 0 unspecified atom stereocenters. The van der Waals surface area contributed by atoms with Crippen LogP contribution in [0.5, 0.6) is 0 Å². The fourth-order valence-corrected chi connectivity index (χ4v) is 7.24. The van der Waals surface area contributed by atoms with Crippen LogP contribution in [0.2, 0.25) is 0 Å². The van der Waals surface area contributed by atoms with Crippen LogP contribution in [0.25, 0.3) is 10.2 Å². The Bertz CT molecular complexity index is 1750. The van der Waals surface area contributed by atoms with E-state index in [-0.39, 0.29) is 11.9 Å². The highest BCUT2D eigenvalue weighted by Gasteiger charge is 2.33. The van der Waals surface area contributed by atoms with E-state index in [4.69, 9.17) is 0 Å². The summed E-state index contributed by atoms with van der Waals surface area (Å²) in [6.07, 6.45) is 5.26. The summed E-state index contributed by atoms with van der Waals surface area (Å²) in [6, 6.07) is 25.5. The number of nitrogens with zero attached hydrogens (tertiary/aromatic N) is 4. The number of carbonyl (C=O) groups is 2. The number of benzene rings is 3. The number of thiophene rings is 1. The van der Waals surface area contributed by atoms with Crippen LogP contribution >= 0.6 is 23.1 Å². The van der Waals surface area contributed by atoms with Crippen molar-refractivity contribution in [2.75, 3.05) is 28.6 Å². The number of hydrogen-bond acceptors (Lipinski definition) is 7. The molecule has 2 N–H and O–H groups in total. The van der Waals surface area contributed by atoms with Gasteiger partial charge in [-0.2, -0.15) is 0 Å². The van der Waals surface area contributed by atoms with Gasteiger partial charge in [-0.3, -0.25) is 9.69 Å². The molecule has 0 saturated carbocycles. The lowest BCUT2D eigenvalue weighted by Gasteiger charge is -2.27. The van der Waals surface area contributed by atoms with Crippen LogP contribution < -0.4 is 15.5 Å². The predicted molar refractivity (Wildman–Crippen MR) is 169 cm³/mol. The summed E-state index contributed by atoms with van der Waals surface area (Å²) in [5.41, 5.74) is 3.06. The highest BCUT2D eigenvalue weighted by atomic mass is 32.2. The highest BCUT2D eigenvalue weighted by molar-refractivity contribution is 7.99. The topological polar surface area (TPSA) is 90.5 Å². The van der Waals surface area contributed by atoms with Crippen LogP contribution in [0.15, 0.2) is 95.0 Å². The molecule has 0 radical (unpaired) electrons. The number of carbonyl (C=O) groups excluding carboxylic acids is 2. The third-order valence-corrected chi connectivity index (χ3v) is 9.57. The van der Waals surface area contributed by atoms with Crippen LogP contribution in [0.1, 0.15) is 34.5 Å². The molecule has 3 amide bonds. The summed E-state index contributed by atoms with van der Waals surface area (Å²) >= 11 is 2.90. The van der Waals surface area contributed by atoms with E-state index in [0.717, 1.165) is 29.4 Å². The van der Waals surface area contributed by atoms with Crippen LogP contribution in [-0.4, -0.2) is 39.9 Å². The smallest absolute Gasteiger partial charge is 0.321 e. The van der Waals surface area contributed by atoms with Gasteiger partial charge in [0.1, 0.15) is 16.0 Å². The number of likely N-dealkylation sites (tertiary alicyclic amines) is 1. The zero-order valence-electron chi connectivity index (χ0n) is 22.7. The molecule has 4 heterocycles. The fourth-order valence-electron chi connectivity index (χ4n) is 5.41. The molecule has 2 aliphatic heterocycles. The SMILES string of the molecule is O=C(Nc1ccc(CN2CCCCC2)cc1)c1sc2ncnc3c2c1NC(=O)N3c1ccc(Sc2ccccc2)cc1. The largest absolute Gasteiger partial charge is 0.332 e. The Kier molecular flexibility index (Phi) is 7.33. The third kappa shape index (κ3) is 5.36. The van der Waals surface area contributed by atoms with Gasteiger partial charge in [-0.1, -0.05) is 48.5 Å². The van der Waals surface area contributed by atoms with Gasteiger partial charge < -0.3 is 10.6 Å². The molecular formula is C32H28N6O2S2. The summed E-state index contributed by atoms with van der Waals surface area (Å²) in [5.74, 6) is 0.165. The van der Waals surface area contributed by atoms with Crippen molar-refractivity contribution in [2.45, 2.75) is 35.6 Å². The van der Waals surface area contributed by atoms with Gasteiger partial charge in [0.2, 0.25) is 0 Å². The lowest BCUT2D eigenvalue weighted by atomic mass is 10.1. The molecule has 8 nitrogen and oxygen atoms in total. The summed E-state index contributed by atoms with van der Waals surface area (Å²) < 4.78 is 0. The Morgan fingerprint density at radius 2 is 1.64 bits per heavy atom. The minimum Gasteiger partial charge on any atom is -0.321 e. The first-order valence-electron chi connectivity index (χ1n) is 14.0. The van der Waals surface area contributed by atoms with E-state index in [1.165, 1.54) is 47.4 Å². The second-order valence-corrected chi connectivity index (χ2v) is 12.5. The zero-order valence-corrected chi connectivity index (χ0v) is 24.4. The van der Waals surface area contributed by atoms with E-state index in [1.54, 1.807) is 11.8 Å². The summed E-state index contributed by atoms with van der Waals surface area (Å²) in [6.45, 7) is 3.20. The Morgan fingerprint density at radius 3 is 2.40 bits per heavy atom. The molecule has 42 heavy (non-hydrogen) atoms. The number of anilines is 4. The van der Waals surface area contributed by atoms with Crippen molar-refractivity contribution in [1.82, 2.24) is 14.9 Å². The van der Waals surface area contributed by atoms with E-state index >= 15 is 0 Å². The maximum Gasteiger partial charge on any atom is 0.332 e. The third-order valence-electron chi connectivity index (χ3n) is 7.46. The second kappa shape index (κ2) is 11.6. The molecule has 3 aromatic carbocycles. The van der Waals surface area contributed by atoms with Crippen LogP contribution in [0, 0.1) is 0 Å². The van der Waals surface area contributed by atoms with Gasteiger partial charge >= 0.3 is 6.03 Å². The van der Waals surface area contributed by atoms with Crippen LogP contribution in [0.4, 0.5) is 27.7 Å². The highest BCUT2D eigenvalue weighted by Crippen LogP contribution is 2.45. The van der Waals surface area contributed by atoms with Gasteiger partial charge in [-0.15, -0.1) is 11.3 Å². The minimum atomic E-state index is -0.375. The number of hydrogen-bond donors (Lipinski definition) is 2. The van der Waals surface area contributed by atoms with Gasteiger partial charge in [-0.05, 0) is 80.0 Å². The molecule has 210 valence electrons. The van der Waals surface area contributed by atoms with Gasteiger partial charge in [0.25, 0.3) is 5.91 Å². The van der Waals surface area contributed by atoms with E-state index in [0.29, 0.717) is 38.0 Å². The number of urea groups is 1. The van der Waals surface area contributed by atoms with E-state index in [9.17, 15) is 9.59 Å². The first kappa shape index (κ1) is 26.6. The minimum absolute atomic E-state index is 0.293. The standard InChI is InChI=1S/C32H28N6O2S2/c39-30(35-22-11-9-21(10-12-22)19-37-17-5-2-6-18-37)28-27-26-29(33-20-34-31(26)42-28)38(32(40)36-27)23-13-15-25(16-14-23)41-24-7-3-1-4-8-24/h1,3-4,7-16,20H,2,5-6,17-19H2,(H,35,39)(H,36,40). The summed E-state index contributed by atoms with van der Waals surface area (Å²) in [7, 11) is 0. The Labute approximate surface area is 251 Å². The molecule has 0 atom stereocenters. The molecule has 2 aliphatic rings. The predicted octanol–water partition coefficient (Wildman–Crippen LogP) is 7.76. The lowest BCUT2D eigenvalue weighted by molar-refractivity contribution is 0.103. The first-order chi connectivity index (χ1) is 20.6. The van der Waals surface area contributed by atoms with Crippen molar-refractivity contribution in [1.29, 1.82) is 0 Å². The van der Waals surface area contributed by atoms with Crippen LogP contribution in [-0.2, 0) is 6.54 Å². The molecule has 0 bridgehead atoms. The molecule has 1 saturated heterocycles. The molecular weight excluding hydrogens is 565 g/mol. The molecule has 0 aliphatic carbocycles. The maximum atomic E-state index is 13.4. The normalized spacial score (nSPS) is 15.0. The van der Waals surface area contributed by atoms with Crippen molar-refractivity contribution in [3.05, 3.63) is 95.6 Å². The number of aromatic nitrogens is 2. The number of amides is 3. The molecule has 10 heteroatoms. The molecule has 0 spiro atoms. The Balaban J connectivity index is 1.11. The Hall–Kier alpha value is -4.25. The molecule has 1 fully saturated rings. The van der Waals surface area contributed by atoms with Crippen molar-refractivity contribution in [3.63, 3.8) is 0 Å². The van der Waals surface area contributed by atoms with E-state index in [2.05, 4.69) is 49.8 Å². The van der Waals surface area contributed by atoms with Crippen molar-refractivity contribution in [2.24, 2.45) is 0 Å². The van der Waals surface area contributed by atoms with Crippen molar-refractivity contribution >= 4 is 68.1 Å². The Morgan fingerprint density at radius 1 is 0.905 bits per heavy atom.